The van der Waals surface area contributed by atoms with Crippen molar-refractivity contribution >= 4 is 31.6 Å². The van der Waals surface area contributed by atoms with Gasteiger partial charge in [-0.15, -0.1) is 6.58 Å². The van der Waals surface area contributed by atoms with Crippen LogP contribution in [0.25, 0.3) is 0 Å². The van der Waals surface area contributed by atoms with Crippen LogP contribution in [0.4, 0.5) is 11.4 Å². The lowest BCUT2D eigenvalue weighted by Crippen LogP contribution is -2.56. The molecule has 2 aliphatic rings. The predicted molar refractivity (Wildman–Crippen MR) is 120 cm³/mol. The molecule has 2 aliphatic heterocycles. The fourth-order valence-electron chi connectivity index (χ4n) is 3.01. The van der Waals surface area contributed by atoms with Gasteiger partial charge in [0.15, 0.2) is 0 Å². The van der Waals surface area contributed by atoms with Crippen molar-refractivity contribution in [1.29, 1.82) is 0 Å². The Kier molecular flexibility index (Phi) is 11.5. The Morgan fingerprint density at radius 2 is 1.67 bits per heavy atom. The number of nitrogens with zero attached hydrogens (tertiary/aromatic N) is 2. The summed E-state index contributed by atoms with van der Waals surface area (Å²) in [5.74, 6) is -0.403. The van der Waals surface area contributed by atoms with Gasteiger partial charge in [0.1, 0.15) is 0 Å². The van der Waals surface area contributed by atoms with E-state index in [4.69, 9.17) is 14.8 Å². The maximum absolute atomic E-state index is 9.56. The Balaban J connectivity index is 0.000000545. The van der Waals surface area contributed by atoms with Crippen LogP contribution in [-0.2, 0) is 26.7 Å². The molecule has 0 radical (unpaired) electrons. The number of rotatable bonds is 4. The summed E-state index contributed by atoms with van der Waals surface area (Å²) in [5, 5.41) is 0. The molecule has 174 valence electrons. The van der Waals surface area contributed by atoms with E-state index in [-0.39, 0.29) is 17.0 Å². The third-order valence-electron chi connectivity index (χ3n) is 4.60. The predicted octanol–water partition coefficient (Wildman–Crippen LogP) is 0.465. The van der Waals surface area contributed by atoms with Crippen LogP contribution in [0.15, 0.2) is 30.9 Å². The zero-order valence-electron chi connectivity index (χ0n) is 17.4. The maximum atomic E-state index is 9.56. The Labute approximate surface area is 179 Å². The molecule has 12 heteroatoms. The van der Waals surface area contributed by atoms with Crippen molar-refractivity contribution < 1.29 is 31.4 Å². The smallest absolute Gasteiger partial charge is 0.264 e. The highest BCUT2D eigenvalue weighted by atomic mass is 32.2. The van der Waals surface area contributed by atoms with Crippen LogP contribution in [-0.4, -0.2) is 80.0 Å². The van der Waals surface area contributed by atoms with Gasteiger partial charge < -0.3 is 16.1 Å². The van der Waals surface area contributed by atoms with Crippen molar-refractivity contribution in [1.82, 2.24) is 4.90 Å². The number of hydrogen-bond donors (Lipinski definition) is 3. The van der Waals surface area contributed by atoms with Crippen LogP contribution < -0.4 is 10.6 Å². The largest absolute Gasteiger partial charge is 0.412 e. The van der Waals surface area contributed by atoms with Crippen LogP contribution in [0.5, 0.6) is 0 Å². The molecule has 0 aromatic heterocycles. The van der Waals surface area contributed by atoms with E-state index in [1.807, 2.05) is 12.1 Å². The summed E-state index contributed by atoms with van der Waals surface area (Å²) in [7, 11) is -7.32. The summed E-state index contributed by atoms with van der Waals surface area (Å²) in [5.41, 5.74) is 9.53. The second-order valence-electron chi connectivity index (χ2n) is 6.72. The van der Waals surface area contributed by atoms with Crippen LogP contribution >= 0.6 is 0 Å². The Bertz CT molecular complexity index is 857. The minimum Gasteiger partial charge on any atom is -0.412 e. The number of piperazine rings is 1. The quantitative estimate of drug-likeness (QED) is 0.323. The van der Waals surface area contributed by atoms with Crippen molar-refractivity contribution in [3.63, 3.8) is 0 Å². The summed E-state index contributed by atoms with van der Waals surface area (Å²) in [6, 6.07) is 6.95. The Hall–Kier alpha value is -1.70. The van der Waals surface area contributed by atoms with Crippen LogP contribution in [0.3, 0.4) is 0 Å². The summed E-state index contributed by atoms with van der Waals surface area (Å²) < 4.78 is 53.8. The van der Waals surface area contributed by atoms with E-state index >= 15 is 0 Å². The normalized spacial score (nSPS) is 17.9. The first-order valence-electron chi connectivity index (χ1n) is 9.28. The molecular weight excluding hydrogens is 434 g/mol. The fraction of sp³-hybridized carbons (Fsp3) is 0.556. The summed E-state index contributed by atoms with van der Waals surface area (Å²) in [6.07, 6.45) is 3.15. The van der Waals surface area contributed by atoms with E-state index < -0.39 is 20.2 Å². The summed E-state index contributed by atoms with van der Waals surface area (Å²) in [6.45, 7) is 10.9. The van der Waals surface area contributed by atoms with E-state index in [0.717, 1.165) is 38.3 Å². The van der Waals surface area contributed by atoms with Gasteiger partial charge in [-0.05, 0) is 38.0 Å². The highest BCUT2D eigenvalue weighted by Gasteiger charge is 2.32. The van der Waals surface area contributed by atoms with Crippen molar-refractivity contribution in [3.8, 4) is 0 Å². The molecule has 1 atom stereocenters. The first-order valence-corrected chi connectivity index (χ1v) is 12.5. The van der Waals surface area contributed by atoms with E-state index in [2.05, 4.69) is 28.5 Å². The lowest BCUT2D eigenvalue weighted by atomic mass is 9.94. The molecule has 10 nitrogen and oxygen atoms in total. The third kappa shape index (κ3) is 9.87. The van der Waals surface area contributed by atoms with Crippen molar-refractivity contribution in [2.24, 2.45) is 0 Å². The van der Waals surface area contributed by atoms with Gasteiger partial charge in [-0.2, -0.15) is 16.8 Å². The van der Waals surface area contributed by atoms with Gasteiger partial charge in [0.2, 0.25) is 0 Å². The maximum Gasteiger partial charge on any atom is 0.264 e. The minimum atomic E-state index is -3.66. The topological polar surface area (TPSA) is 173 Å². The lowest BCUT2D eigenvalue weighted by Gasteiger charge is -2.46. The molecule has 2 bridgehead atoms. The first-order chi connectivity index (χ1) is 13.4. The summed E-state index contributed by atoms with van der Waals surface area (Å²) >= 11 is 0. The molecule has 0 saturated carbocycles. The molecule has 3 rings (SSSR count). The zero-order valence-corrected chi connectivity index (χ0v) is 19.0. The van der Waals surface area contributed by atoms with Crippen molar-refractivity contribution in [2.75, 3.05) is 48.3 Å². The number of anilines is 2. The van der Waals surface area contributed by atoms with Gasteiger partial charge in [0, 0.05) is 43.6 Å². The number of hydrogen-bond acceptors (Lipinski definition) is 7. The molecule has 1 fully saturated rings. The molecule has 1 aromatic rings. The van der Waals surface area contributed by atoms with Gasteiger partial charge in [-0.3, -0.25) is 14.0 Å². The van der Waals surface area contributed by atoms with Gasteiger partial charge in [-0.25, -0.2) is 0 Å². The molecular formula is C18H33N3O7S2. The molecule has 1 aromatic carbocycles. The van der Waals surface area contributed by atoms with Gasteiger partial charge >= 0.3 is 0 Å². The molecule has 1 saturated heterocycles. The molecule has 0 aliphatic carbocycles. The lowest BCUT2D eigenvalue weighted by molar-refractivity contribution is 0.188. The monoisotopic (exact) mass is 467 g/mol. The van der Waals surface area contributed by atoms with Gasteiger partial charge in [-0.1, -0.05) is 12.1 Å². The molecule has 0 spiro atoms. The average Bonchev–Trinajstić information content (AvgIpc) is 2.64. The fourth-order valence-corrected chi connectivity index (χ4v) is 3.01. The van der Waals surface area contributed by atoms with Crippen LogP contribution in [0, 0.1) is 0 Å². The standard InChI is InChI=1S/C14H19N3.2C2H6O3S.H2O/c1-2-5-16-6-7-17-10-13(16)8-11-3-4-12(15)9-14(11)17;2*1-2-6(3,4)5;/h2-4,9,13H,1,5-8,10,15H2;2*2H2,1H3,(H,3,4,5);1H2. The highest BCUT2D eigenvalue weighted by Crippen LogP contribution is 2.32. The third-order valence-corrected chi connectivity index (χ3v) is 6.06. The summed E-state index contributed by atoms with van der Waals surface area (Å²) in [4.78, 5) is 5.00. The average molecular weight is 468 g/mol. The molecule has 0 amide bonds. The molecule has 6 N–H and O–H groups in total. The van der Waals surface area contributed by atoms with E-state index in [9.17, 15) is 16.8 Å². The van der Waals surface area contributed by atoms with Crippen molar-refractivity contribution in [2.45, 2.75) is 26.3 Å². The van der Waals surface area contributed by atoms with Crippen LogP contribution in [0.1, 0.15) is 19.4 Å². The van der Waals surface area contributed by atoms with Gasteiger partial charge in [0.05, 0.1) is 11.5 Å². The number of nitrogen functional groups attached to an aromatic ring is 1. The van der Waals surface area contributed by atoms with Gasteiger partial charge in [0.25, 0.3) is 20.2 Å². The van der Waals surface area contributed by atoms with E-state index in [0.29, 0.717) is 6.04 Å². The number of benzene rings is 1. The number of nitrogens with two attached hydrogens (primary N) is 1. The number of fused-ring (bicyclic) bond motifs is 4. The van der Waals surface area contributed by atoms with E-state index in [1.54, 1.807) is 0 Å². The first kappa shape index (κ1) is 28.3. The highest BCUT2D eigenvalue weighted by molar-refractivity contribution is 7.85. The zero-order chi connectivity index (χ0) is 22.2. The Morgan fingerprint density at radius 3 is 2.13 bits per heavy atom. The van der Waals surface area contributed by atoms with Crippen LogP contribution in [0.2, 0.25) is 0 Å². The Morgan fingerprint density at radius 1 is 1.13 bits per heavy atom. The molecule has 2 heterocycles. The van der Waals surface area contributed by atoms with Crippen molar-refractivity contribution in [3.05, 3.63) is 36.4 Å². The minimum absolute atomic E-state index is 0. The second-order valence-corrected chi connectivity index (χ2v) is 10.2. The van der Waals surface area contributed by atoms with E-state index in [1.165, 1.54) is 25.1 Å². The molecule has 1 unspecified atom stereocenters. The SMILES string of the molecule is C=CCN1CCN2CC1Cc1ccc(N)cc12.CCS(=O)(=O)O.CCS(=O)(=O)O.O. The molecule has 30 heavy (non-hydrogen) atoms. The second kappa shape index (κ2) is 12.2.